The number of nitro groups is 1. The molecular weight excluding hydrogens is 270 g/mol. The van der Waals surface area contributed by atoms with Crippen LogP contribution in [0, 0.1) is 16.0 Å². The van der Waals surface area contributed by atoms with Gasteiger partial charge in [0.05, 0.1) is 17.6 Å². The second-order valence-electron chi connectivity index (χ2n) is 5.67. The van der Waals surface area contributed by atoms with Crippen LogP contribution in [0.4, 0.5) is 11.4 Å². The second-order valence-corrected chi connectivity index (χ2v) is 5.67. The van der Waals surface area contributed by atoms with Gasteiger partial charge in [0.25, 0.3) is 5.69 Å². The third kappa shape index (κ3) is 3.85. The molecule has 1 aromatic rings. The molecule has 116 valence electrons. The van der Waals surface area contributed by atoms with Crippen LogP contribution in [0.1, 0.15) is 26.7 Å². The van der Waals surface area contributed by atoms with Gasteiger partial charge in [-0.2, -0.15) is 0 Å². The molecular formula is C15H23N3O3. The zero-order valence-corrected chi connectivity index (χ0v) is 12.6. The first-order valence-corrected chi connectivity index (χ1v) is 7.44. The van der Waals surface area contributed by atoms with E-state index in [1.54, 1.807) is 6.07 Å². The molecule has 1 saturated heterocycles. The van der Waals surface area contributed by atoms with Crippen molar-refractivity contribution in [3.05, 3.63) is 28.3 Å². The van der Waals surface area contributed by atoms with E-state index in [1.165, 1.54) is 6.07 Å². The van der Waals surface area contributed by atoms with Crippen LogP contribution in [0.25, 0.3) is 0 Å². The number of nitrogens with two attached hydrogens (primary N) is 1. The number of hydrogen-bond acceptors (Lipinski definition) is 5. The molecule has 1 fully saturated rings. The van der Waals surface area contributed by atoms with E-state index in [0.717, 1.165) is 31.6 Å². The van der Waals surface area contributed by atoms with Gasteiger partial charge in [-0.3, -0.25) is 10.1 Å². The molecule has 2 rings (SSSR count). The highest BCUT2D eigenvalue weighted by atomic mass is 16.6. The molecule has 0 aromatic heterocycles. The highest BCUT2D eigenvalue weighted by molar-refractivity contribution is 5.58. The summed E-state index contributed by atoms with van der Waals surface area (Å²) in [5.41, 5.74) is 6.99. The van der Waals surface area contributed by atoms with Crippen molar-refractivity contribution in [2.24, 2.45) is 11.7 Å². The fourth-order valence-electron chi connectivity index (χ4n) is 2.49. The molecule has 0 spiro atoms. The lowest BCUT2D eigenvalue weighted by molar-refractivity contribution is -0.384. The molecule has 2 unspecified atom stereocenters. The number of hydrogen-bond donors (Lipinski definition) is 1. The molecule has 6 heteroatoms. The fourth-order valence-corrected chi connectivity index (χ4v) is 2.49. The van der Waals surface area contributed by atoms with Gasteiger partial charge in [0.15, 0.2) is 0 Å². The SMILES string of the molecule is CCCOc1cc(N2CCC(C)C(N)C2)cc([N+](=O)[O-])c1. The van der Waals surface area contributed by atoms with Crippen LogP contribution in [0.3, 0.4) is 0 Å². The Morgan fingerprint density at radius 2 is 2.24 bits per heavy atom. The van der Waals surface area contributed by atoms with E-state index in [2.05, 4.69) is 11.8 Å². The third-order valence-corrected chi connectivity index (χ3v) is 3.94. The van der Waals surface area contributed by atoms with Crippen LogP contribution in [0.15, 0.2) is 18.2 Å². The molecule has 0 saturated carbocycles. The maximum absolute atomic E-state index is 11.1. The van der Waals surface area contributed by atoms with Crippen LogP contribution in [0.2, 0.25) is 0 Å². The number of rotatable bonds is 5. The quantitative estimate of drug-likeness (QED) is 0.666. The summed E-state index contributed by atoms with van der Waals surface area (Å²) in [6, 6.07) is 5.04. The molecule has 6 nitrogen and oxygen atoms in total. The Morgan fingerprint density at radius 1 is 1.48 bits per heavy atom. The Bertz CT molecular complexity index is 507. The Balaban J connectivity index is 2.25. The topological polar surface area (TPSA) is 81.6 Å². The van der Waals surface area contributed by atoms with E-state index in [1.807, 2.05) is 13.0 Å². The molecule has 0 amide bonds. The van der Waals surface area contributed by atoms with Crippen LogP contribution in [-0.2, 0) is 0 Å². The smallest absolute Gasteiger partial charge is 0.275 e. The molecule has 1 aliphatic heterocycles. The minimum absolute atomic E-state index is 0.0609. The summed E-state index contributed by atoms with van der Waals surface area (Å²) in [6.07, 6.45) is 1.86. The number of nitro benzene ring substituents is 1. The minimum Gasteiger partial charge on any atom is -0.493 e. The number of non-ortho nitro benzene ring substituents is 1. The van der Waals surface area contributed by atoms with Crippen molar-refractivity contribution in [2.75, 3.05) is 24.6 Å². The normalized spacial score (nSPS) is 22.1. The molecule has 1 aromatic carbocycles. The Hall–Kier alpha value is -1.82. The number of piperidine rings is 1. The molecule has 2 N–H and O–H groups in total. The lowest BCUT2D eigenvalue weighted by Gasteiger charge is -2.36. The first-order chi connectivity index (χ1) is 10.0. The van der Waals surface area contributed by atoms with Gasteiger partial charge in [-0.05, 0) is 18.8 Å². The van der Waals surface area contributed by atoms with E-state index >= 15 is 0 Å². The van der Waals surface area contributed by atoms with E-state index in [-0.39, 0.29) is 16.7 Å². The molecule has 21 heavy (non-hydrogen) atoms. The molecule has 2 atom stereocenters. The highest BCUT2D eigenvalue weighted by Gasteiger charge is 2.24. The maximum atomic E-state index is 11.1. The van der Waals surface area contributed by atoms with Crippen molar-refractivity contribution in [3.8, 4) is 5.75 Å². The summed E-state index contributed by atoms with van der Waals surface area (Å²) in [5, 5.41) is 11.1. The third-order valence-electron chi connectivity index (χ3n) is 3.94. The molecule has 0 aliphatic carbocycles. The number of nitrogens with zero attached hydrogens (tertiary/aromatic N) is 2. The molecule has 0 radical (unpaired) electrons. The van der Waals surface area contributed by atoms with Gasteiger partial charge < -0.3 is 15.4 Å². The van der Waals surface area contributed by atoms with Crippen LogP contribution >= 0.6 is 0 Å². The lowest BCUT2D eigenvalue weighted by Crippen LogP contribution is -2.47. The highest BCUT2D eigenvalue weighted by Crippen LogP contribution is 2.31. The number of ether oxygens (including phenoxy) is 1. The summed E-state index contributed by atoms with van der Waals surface area (Å²) < 4.78 is 5.56. The molecule has 1 heterocycles. The van der Waals surface area contributed by atoms with Gasteiger partial charge in [-0.15, -0.1) is 0 Å². The van der Waals surface area contributed by atoms with Crippen molar-refractivity contribution >= 4 is 11.4 Å². The summed E-state index contributed by atoms with van der Waals surface area (Å²) in [4.78, 5) is 12.8. The minimum atomic E-state index is -0.380. The number of anilines is 1. The van der Waals surface area contributed by atoms with E-state index < -0.39 is 0 Å². The van der Waals surface area contributed by atoms with Crippen molar-refractivity contribution in [3.63, 3.8) is 0 Å². The van der Waals surface area contributed by atoms with Gasteiger partial charge in [0.2, 0.25) is 0 Å². The van der Waals surface area contributed by atoms with Crippen molar-refractivity contribution in [2.45, 2.75) is 32.7 Å². The predicted octanol–water partition coefficient (Wildman–Crippen LogP) is 2.56. The maximum Gasteiger partial charge on any atom is 0.275 e. The van der Waals surface area contributed by atoms with Crippen molar-refractivity contribution in [1.29, 1.82) is 0 Å². The van der Waals surface area contributed by atoms with Crippen LogP contribution in [-0.4, -0.2) is 30.7 Å². The Kier molecular flexibility index (Phi) is 5.01. The summed E-state index contributed by atoms with van der Waals surface area (Å²) in [7, 11) is 0. The summed E-state index contributed by atoms with van der Waals surface area (Å²) in [6.45, 7) is 6.28. The van der Waals surface area contributed by atoms with Gasteiger partial charge in [0, 0.05) is 37.0 Å². The van der Waals surface area contributed by atoms with Crippen molar-refractivity contribution in [1.82, 2.24) is 0 Å². The van der Waals surface area contributed by atoms with Crippen LogP contribution < -0.4 is 15.4 Å². The van der Waals surface area contributed by atoms with E-state index in [9.17, 15) is 10.1 Å². The zero-order valence-electron chi connectivity index (χ0n) is 12.6. The monoisotopic (exact) mass is 293 g/mol. The van der Waals surface area contributed by atoms with E-state index in [4.69, 9.17) is 10.5 Å². The zero-order chi connectivity index (χ0) is 15.4. The lowest BCUT2D eigenvalue weighted by atomic mass is 9.94. The molecule has 1 aliphatic rings. The standard InChI is InChI=1S/C15H23N3O3/c1-3-6-21-14-8-12(7-13(9-14)18(19)20)17-5-4-11(2)15(16)10-17/h7-9,11,15H,3-6,10,16H2,1-2H3. The average Bonchev–Trinajstić information content (AvgIpc) is 2.47. The largest absolute Gasteiger partial charge is 0.493 e. The Labute approximate surface area is 125 Å². The van der Waals surface area contributed by atoms with E-state index in [0.29, 0.717) is 18.3 Å². The first-order valence-electron chi connectivity index (χ1n) is 7.44. The van der Waals surface area contributed by atoms with Gasteiger partial charge in [-0.25, -0.2) is 0 Å². The average molecular weight is 293 g/mol. The number of benzene rings is 1. The summed E-state index contributed by atoms with van der Waals surface area (Å²) >= 11 is 0. The predicted molar refractivity (Wildman–Crippen MR) is 82.9 cm³/mol. The van der Waals surface area contributed by atoms with Gasteiger partial charge >= 0.3 is 0 Å². The van der Waals surface area contributed by atoms with Gasteiger partial charge in [-0.1, -0.05) is 13.8 Å². The molecule has 0 bridgehead atoms. The first kappa shape index (κ1) is 15.6. The van der Waals surface area contributed by atoms with Crippen LogP contribution in [0.5, 0.6) is 5.75 Å². The fraction of sp³-hybridized carbons (Fsp3) is 0.600. The Morgan fingerprint density at radius 3 is 2.86 bits per heavy atom. The summed E-state index contributed by atoms with van der Waals surface area (Å²) in [5.74, 6) is 1.03. The van der Waals surface area contributed by atoms with Crippen molar-refractivity contribution < 1.29 is 9.66 Å². The van der Waals surface area contributed by atoms with Gasteiger partial charge in [0.1, 0.15) is 5.75 Å². The second kappa shape index (κ2) is 6.76.